The number of carboxylic acids is 2. The number of nitro benzene ring substituents is 3. The second-order valence-corrected chi connectivity index (χ2v) is 26.3. The number of carbonyl (C=O) groups excluding carboxylic acids is 2. The number of thiophene rings is 2. The number of unbranched alkanes of at least 4 members (excludes halogenated alkanes) is 9. The van der Waals surface area contributed by atoms with Crippen LogP contribution in [0.25, 0.3) is 0 Å². The number of phenolic OH excluding ortho intramolecular Hbond substituents is 1. The quantitative estimate of drug-likeness (QED) is 0.0132. The third-order valence-corrected chi connectivity index (χ3v) is 18.0. The highest BCUT2D eigenvalue weighted by Gasteiger charge is 2.42. The van der Waals surface area contributed by atoms with E-state index in [1.54, 1.807) is 53.6 Å². The lowest BCUT2D eigenvalue weighted by molar-refractivity contribution is -0.386. The van der Waals surface area contributed by atoms with Crippen LogP contribution in [0, 0.1) is 55.0 Å². The number of hydrogen-bond donors (Lipinski definition) is 3. The third-order valence-electron chi connectivity index (χ3n) is 16.6. The maximum absolute atomic E-state index is 13.3. The first-order chi connectivity index (χ1) is 46.2. The molecule has 9 rings (SSSR count). The van der Waals surface area contributed by atoms with Crippen LogP contribution in [-0.2, 0) is 41.9 Å². The number of hydrogen-bond acceptors (Lipinski definition) is 22. The van der Waals surface area contributed by atoms with Crippen molar-refractivity contribution in [1.29, 1.82) is 0 Å². The highest BCUT2D eigenvalue weighted by atomic mass is 32.1. The molecule has 27 heteroatoms. The summed E-state index contributed by atoms with van der Waals surface area (Å²) >= 11 is 2.78. The number of nitro groups is 3. The Kier molecular flexibility index (Phi) is 31.8. The van der Waals surface area contributed by atoms with Crippen molar-refractivity contribution in [3.05, 3.63) is 129 Å². The number of fused-ring (bicyclic) bond motifs is 2. The number of carbonyl (C=O) groups is 4. The molecule has 0 atom stereocenters. The predicted molar refractivity (Wildman–Crippen MR) is 360 cm³/mol. The first-order valence-corrected chi connectivity index (χ1v) is 34.7. The van der Waals surface area contributed by atoms with E-state index in [0.717, 1.165) is 30.4 Å². The lowest BCUT2D eigenvalue weighted by atomic mass is 9.82. The van der Waals surface area contributed by atoms with E-state index in [1.807, 2.05) is 0 Å². The monoisotopic (exact) mass is 1370 g/mol. The summed E-state index contributed by atoms with van der Waals surface area (Å²) in [5.74, 6) is -1.40. The largest absolute Gasteiger partial charge is 0.502 e. The number of carboxylic acid groups (broad SMARTS) is 2. The highest BCUT2D eigenvalue weighted by Crippen LogP contribution is 2.42. The van der Waals surface area contributed by atoms with Crippen molar-refractivity contribution in [2.45, 2.75) is 200 Å². The van der Waals surface area contributed by atoms with Crippen molar-refractivity contribution >= 4 is 69.6 Å². The Morgan fingerprint density at radius 1 is 0.542 bits per heavy atom. The number of aliphatic imine (C=N–C) groups is 2. The number of phenols is 1. The molecule has 0 saturated heterocycles. The number of aryl methyl sites for hydroxylation is 2. The fourth-order valence-electron chi connectivity index (χ4n) is 11.3. The van der Waals surface area contributed by atoms with E-state index in [4.69, 9.17) is 48.5 Å². The molecule has 2 saturated carbocycles. The van der Waals surface area contributed by atoms with Gasteiger partial charge < -0.3 is 48.5 Å². The lowest BCUT2D eigenvalue weighted by Crippen LogP contribution is -2.39. The molecule has 522 valence electrons. The maximum Gasteiger partial charge on any atom is 0.310 e. The van der Waals surface area contributed by atoms with Gasteiger partial charge in [-0.3, -0.25) is 49.5 Å². The van der Waals surface area contributed by atoms with Crippen LogP contribution >= 0.6 is 22.7 Å². The molecule has 0 bridgehead atoms. The maximum atomic E-state index is 13.3. The van der Waals surface area contributed by atoms with E-state index in [1.165, 1.54) is 168 Å². The Morgan fingerprint density at radius 2 is 0.927 bits per heavy atom. The molecule has 3 aromatic carbocycles. The van der Waals surface area contributed by atoms with Crippen molar-refractivity contribution in [1.82, 2.24) is 0 Å². The van der Waals surface area contributed by atoms with E-state index in [0.29, 0.717) is 47.4 Å². The van der Waals surface area contributed by atoms with Gasteiger partial charge in [0, 0.05) is 39.7 Å². The van der Waals surface area contributed by atoms with Crippen LogP contribution in [0.1, 0.15) is 183 Å². The average Bonchev–Trinajstić information content (AvgIpc) is 1.71. The van der Waals surface area contributed by atoms with Crippen LogP contribution in [0.5, 0.6) is 34.5 Å². The van der Waals surface area contributed by atoms with Gasteiger partial charge in [-0.25, -0.2) is 9.98 Å². The van der Waals surface area contributed by atoms with Gasteiger partial charge in [-0.05, 0) is 75.8 Å². The zero-order valence-electron chi connectivity index (χ0n) is 54.9. The van der Waals surface area contributed by atoms with Crippen molar-refractivity contribution in [2.24, 2.45) is 20.8 Å². The molecule has 0 amide bonds. The molecule has 0 radical (unpaired) electrons. The molecule has 25 nitrogen and oxygen atoms in total. The molecular weight excluding hydrogens is 1280 g/mol. The summed E-state index contributed by atoms with van der Waals surface area (Å²) in [6.45, 7) is 5.34. The molecule has 5 aromatic rings. The van der Waals surface area contributed by atoms with E-state index in [-0.39, 0.29) is 92.7 Å². The summed E-state index contributed by atoms with van der Waals surface area (Å²) < 4.78 is 39.7. The summed E-state index contributed by atoms with van der Waals surface area (Å²) in [7, 11) is 0. The van der Waals surface area contributed by atoms with Gasteiger partial charge in [0.1, 0.15) is 19.0 Å². The van der Waals surface area contributed by atoms with Gasteiger partial charge in [-0.15, -0.1) is 22.7 Å². The smallest absolute Gasteiger partial charge is 0.310 e. The van der Waals surface area contributed by atoms with Gasteiger partial charge in [0.05, 0.1) is 114 Å². The number of ether oxygens (including phenoxy) is 7. The molecule has 2 fully saturated rings. The average molecular weight is 1370 g/mol. The minimum atomic E-state index is -1.23. The molecule has 2 aliphatic heterocycles. The van der Waals surface area contributed by atoms with Gasteiger partial charge in [0.25, 0.3) is 11.4 Å². The van der Waals surface area contributed by atoms with Gasteiger partial charge in [-0.2, -0.15) is 0 Å². The van der Waals surface area contributed by atoms with E-state index in [2.05, 4.69) is 22.9 Å². The van der Waals surface area contributed by atoms with E-state index < -0.39 is 56.1 Å². The second kappa shape index (κ2) is 40.0. The van der Waals surface area contributed by atoms with Crippen LogP contribution in [0.3, 0.4) is 0 Å². The van der Waals surface area contributed by atoms with Crippen LogP contribution < -0.4 is 23.7 Å². The Balaban J connectivity index is 0.000000263. The van der Waals surface area contributed by atoms with Crippen LogP contribution in [-0.4, -0.2) is 105 Å². The molecule has 0 spiro atoms. The molecular formula is C69H89N5O20S2. The molecule has 4 heterocycles. The summed E-state index contributed by atoms with van der Waals surface area (Å²) in [6, 6.07) is 17.2. The molecule has 2 aromatic heterocycles. The van der Waals surface area contributed by atoms with Crippen molar-refractivity contribution in [2.75, 3.05) is 33.0 Å². The van der Waals surface area contributed by atoms with Crippen LogP contribution in [0.2, 0.25) is 0 Å². The number of esters is 2. The SMILES string of the molecule is C(=NC1CCCCC1)=NC1CCCCC1.CCCCCCCCCCCCOc1ccc([N+](=O)[O-])c(COC(=O)CC2(CC(=O)OCc3cc(C)ccc3[N+](=O)[O-])COc3cscc3OC2)c1.Cc1ccc([N+](=O)[O-])c(O)c1.O=C(O)CC1(CC(=O)O)COc2cscc2OC1. The molecule has 2 aliphatic carbocycles. The number of benzene rings is 3. The molecule has 96 heavy (non-hydrogen) atoms. The number of rotatable bonds is 29. The summed E-state index contributed by atoms with van der Waals surface area (Å²) in [4.78, 5) is 88.9. The van der Waals surface area contributed by atoms with Crippen molar-refractivity contribution in [3.8, 4) is 34.5 Å². The van der Waals surface area contributed by atoms with Gasteiger partial charge in [-0.1, -0.05) is 121 Å². The van der Waals surface area contributed by atoms with E-state index in [9.17, 15) is 49.5 Å². The minimum Gasteiger partial charge on any atom is -0.502 e. The Labute approximate surface area is 566 Å². The first-order valence-electron chi connectivity index (χ1n) is 32.8. The minimum absolute atomic E-state index is 0.0231. The number of aliphatic carboxylic acids is 2. The lowest BCUT2D eigenvalue weighted by Gasteiger charge is -2.29. The van der Waals surface area contributed by atoms with Crippen molar-refractivity contribution < 1.29 is 82.4 Å². The fraction of sp³-hybridized carbons (Fsp3) is 0.551. The standard InChI is InChI=1S/C38H48N2O11S.C13H22N2.C11H12O6S.C7H7NO3/c1-3-4-5-6-7-8-9-10-11-12-17-47-31-14-16-33(40(45)46)30(19-31)23-49-37(42)21-38(26-50-34-24-52-25-35(34)51-27-38)20-36(41)48-22-29-18-28(2)13-15-32(29)39(43)44;1-3-7-12(8-4-1)14-11-15-13-9-5-2-6-10-13;12-9(13)1-11(2-10(14)15)5-16-7-3-18-4-8(7)17-6-11;1-5-2-3-6(8(10)11)7(9)4-5/h13-16,18-19,24-25H,3-12,17,20-23,26-27H2,1-2H3;12-13H,1-10H2;3-4H,1-2,5-6H2,(H,12,13)(H,14,15);2-4,9H,1H3. The van der Waals surface area contributed by atoms with Gasteiger partial charge in [0.15, 0.2) is 28.7 Å². The number of aromatic hydroxyl groups is 1. The first kappa shape index (κ1) is 76.3. The van der Waals surface area contributed by atoms with Crippen molar-refractivity contribution in [3.63, 3.8) is 0 Å². The zero-order chi connectivity index (χ0) is 69.3. The van der Waals surface area contributed by atoms with Crippen LogP contribution in [0.4, 0.5) is 17.1 Å². The zero-order valence-corrected chi connectivity index (χ0v) is 56.5. The Bertz CT molecular complexity index is 3320. The summed E-state index contributed by atoms with van der Waals surface area (Å²) in [5.41, 5.74) is -0.940. The fourth-order valence-corrected chi connectivity index (χ4v) is 12.7. The third kappa shape index (κ3) is 26.5. The van der Waals surface area contributed by atoms with Crippen LogP contribution in [0.15, 0.2) is 86.1 Å². The normalized spacial score (nSPS) is 15.2. The van der Waals surface area contributed by atoms with Gasteiger partial charge >= 0.3 is 29.6 Å². The summed E-state index contributed by atoms with van der Waals surface area (Å²) in [6.07, 6.45) is 23.9. The number of nitrogens with zero attached hydrogens (tertiary/aromatic N) is 5. The van der Waals surface area contributed by atoms with Gasteiger partial charge in [0.2, 0.25) is 0 Å². The second-order valence-electron chi connectivity index (χ2n) is 24.8. The summed E-state index contributed by atoms with van der Waals surface area (Å²) in [5, 5.41) is 67.3. The Morgan fingerprint density at radius 3 is 1.34 bits per heavy atom. The Hall–Kier alpha value is -8.68. The molecule has 4 aliphatic rings. The highest BCUT2D eigenvalue weighted by molar-refractivity contribution is 7.08. The van der Waals surface area contributed by atoms with E-state index >= 15 is 0 Å². The predicted octanol–water partition coefficient (Wildman–Crippen LogP) is 16.1. The topological polar surface area (TPSA) is 348 Å². The molecule has 3 N–H and O–H groups in total. The molecule has 0 unspecified atom stereocenters.